The topological polar surface area (TPSA) is 60.5 Å². The van der Waals surface area contributed by atoms with Gasteiger partial charge in [0.2, 0.25) is 0 Å². The highest BCUT2D eigenvalue weighted by molar-refractivity contribution is 9.10. The molecule has 2 aromatic carbocycles. The molecule has 150 valence electrons. The summed E-state index contributed by atoms with van der Waals surface area (Å²) in [5.41, 5.74) is 2.99. The summed E-state index contributed by atoms with van der Waals surface area (Å²) in [7, 11) is 1.63. The molecule has 1 fully saturated rings. The Labute approximate surface area is 178 Å². The summed E-state index contributed by atoms with van der Waals surface area (Å²) in [4.78, 5) is 18.0. The third kappa shape index (κ3) is 4.28. The number of fused-ring (bicyclic) bond motifs is 1. The van der Waals surface area contributed by atoms with Crippen molar-refractivity contribution in [3.63, 3.8) is 0 Å². The summed E-state index contributed by atoms with van der Waals surface area (Å²) in [6.07, 6.45) is 2.08. The first kappa shape index (κ1) is 19.9. The minimum absolute atomic E-state index is 0.0550. The largest absolute Gasteiger partial charge is 0.497 e. The Balaban J connectivity index is 1.75. The van der Waals surface area contributed by atoms with Crippen LogP contribution in [0.5, 0.6) is 5.75 Å². The first-order valence-electron chi connectivity index (χ1n) is 9.72. The fraction of sp³-hybridized carbons (Fsp3) is 0.304. The second-order valence-electron chi connectivity index (χ2n) is 7.26. The Bertz CT molecular complexity index is 1050. The quantitative estimate of drug-likeness (QED) is 0.590. The Morgan fingerprint density at radius 3 is 2.90 bits per heavy atom. The van der Waals surface area contributed by atoms with E-state index in [1.165, 1.54) is 0 Å². The normalized spacial score (nSPS) is 17.3. The van der Waals surface area contributed by atoms with Crippen molar-refractivity contribution in [2.45, 2.75) is 31.9 Å². The monoisotopic (exact) mass is 454 g/mol. The van der Waals surface area contributed by atoms with Gasteiger partial charge in [0.1, 0.15) is 5.75 Å². The first-order valence-corrected chi connectivity index (χ1v) is 10.5. The highest BCUT2D eigenvalue weighted by atomic mass is 79.9. The van der Waals surface area contributed by atoms with Crippen LogP contribution in [0.1, 0.15) is 30.1 Å². The number of carbonyl (C=O) groups excluding carboxylic acids is 1. The molecule has 0 aliphatic carbocycles. The number of hydrogen-bond acceptors (Lipinski definition) is 4. The van der Waals surface area contributed by atoms with Gasteiger partial charge in [0, 0.05) is 22.0 Å². The van der Waals surface area contributed by atoms with E-state index >= 15 is 0 Å². The number of methoxy groups -OCH3 is 1. The van der Waals surface area contributed by atoms with Crippen molar-refractivity contribution in [2.75, 3.05) is 13.7 Å². The number of halogens is 1. The molecule has 5 nitrogen and oxygen atoms in total. The van der Waals surface area contributed by atoms with E-state index in [0.717, 1.165) is 51.8 Å². The number of nitrogens with zero attached hydrogens (tertiary/aromatic N) is 1. The maximum Gasteiger partial charge on any atom is 0.252 e. The summed E-state index contributed by atoms with van der Waals surface area (Å²) in [6.45, 7) is 2.76. The number of rotatable bonds is 5. The molecule has 1 saturated heterocycles. The zero-order valence-electron chi connectivity index (χ0n) is 16.4. The fourth-order valence-corrected chi connectivity index (χ4v) is 4.05. The van der Waals surface area contributed by atoms with E-state index < -0.39 is 0 Å². The van der Waals surface area contributed by atoms with E-state index in [1.807, 2.05) is 55.5 Å². The molecule has 4 rings (SSSR count). The summed E-state index contributed by atoms with van der Waals surface area (Å²) >= 11 is 3.51. The zero-order chi connectivity index (χ0) is 20.4. The van der Waals surface area contributed by atoms with Crippen molar-refractivity contribution in [3.8, 4) is 17.0 Å². The molecule has 0 spiro atoms. The van der Waals surface area contributed by atoms with Crippen molar-refractivity contribution in [1.82, 2.24) is 10.3 Å². The van der Waals surface area contributed by atoms with Crippen molar-refractivity contribution >= 4 is 32.7 Å². The van der Waals surface area contributed by atoms with Gasteiger partial charge < -0.3 is 14.8 Å². The summed E-state index contributed by atoms with van der Waals surface area (Å²) in [6, 6.07) is 15.3. The van der Waals surface area contributed by atoms with Crippen molar-refractivity contribution in [2.24, 2.45) is 0 Å². The fourth-order valence-electron chi connectivity index (χ4n) is 3.69. The molecule has 0 saturated carbocycles. The number of nitrogens with one attached hydrogen (secondary N) is 1. The average Bonchev–Trinajstić information content (AvgIpc) is 3.28. The number of amides is 1. The Kier molecular flexibility index (Phi) is 5.83. The molecule has 6 heteroatoms. The van der Waals surface area contributed by atoms with E-state index in [1.54, 1.807) is 7.11 Å². The molecule has 1 aliphatic heterocycles. The molecular weight excluding hydrogens is 432 g/mol. The van der Waals surface area contributed by atoms with Crippen LogP contribution in [0.4, 0.5) is 0 Å². The molecule has 0 radical (unpaired) electrons. The zero-order valence-corrected chi connectivity index (χ0v) is 18.0. The second-order valence-corrected chi connectivity index (χ2v) is 8.18. The van der Waals surface area contributed by atoms with E-state index in [0.29, 0.717) is 5.56 Å². The predicted octanol–water partition coefficient (Wildman–Crippen LogP) is 4.97. The number of aromatic nitrogens is 1. The summed E-state index contributed by atoms with van der Waals surface area (Å²) in [5, 5.41) is 3.93. The summed E-state index contributed by atoms with van der Waals surface area (Å²) in [5.74, 6) is 0.626. The molecule has 1 N–H and O–H groups in total. The number of hydrogen-bond donors (Lipinski definition) is 1. The van der Waals surface area contributed by atoms with Crippen LogP contribution in [-0.4, -0.2) is 36.8 Å². The van der Waals surface area contributed by atoms with Crippen molar-refractivity contribution in [3.05, 3.63) is 58.6 Å². The number of benzene rings is 2. The minimum Gasteiger partial charge on any atom is -0.497 e. The molecule has 0 bridgehead atoms. The molecule has 2 atom stereocenters. The van der Waals surface area contributed by atoms with Crippen molar-refractivity contribution < 1.29 is 14.3 Å². The van der Waals surface area contributed by atoms with Crippen LogP contribution in [0.15, 0.2) is 53.0 Å². The molecule has 0 unspecified atom stereocenters. The summed E-state index contributed by atoms with van der Waals surface area (Å²) < 4.78 is 12.0. The van der Waals surface area contributed by atoms with E-state index in [9.17, 15) is 4.79 Å². The van der Waals surface area contributed by atoms with Crippen LogP contribution in [0, 0.1) is 0 Å². The maximum atomic E-state index is 13.2. The smallest absolute Gasteiger partial charge is 0.252 e. The second kappa shape index (κ2) is 8.51. The standard InChI is InChI=1S/C23H23BrN2O3/c1-14(22-7-4-10-29-22)25-23(27)19-13-21(15-5-3-6-17(11-15)28-2)26-20-9-8-16(24)12-18(19)20/h3,5-6,8-9,11-14,22H,4,7,10H2,1-2H3,(H,25,27)/t14-,22-/m0/s1. The van der Waals surface area contributed by atoms with Gasteiger partial charge in [0.15, 0.2) is 0 Å². The van der Waals surface area contributed by atoms with Crippen LogP contribution in [-0.2, 0) is 4.74 Å². The Morgan fingerprint density at radius 2 is 2.14 bits per heavy atom. The molecule has 2 heterocycles. The van der Waals surface area contributed by atoms with Crippen LogP contribution in [0.25, 0.3) is 22.2 Å². The van der Waals surface area contributed by atoms with E-state index in [2.05, 4.69) is 21.2 Å². The van der Waals surface area contributed by atoms with Crippen LogP contribution >= 0.6 is 15.9 Å². The van der Waals surface area contributed by atoms with Gasteiger partial charge in [-0.3, -0.25) is 4.79 Å². The molecular formula is C23H23BrN2O3. The highest BCUT2D eigenvalue weighted by Crippen LogP contribution is 2.29. The average molecular weight is 455 g/mol. The van der Waals surface area contributed by atoms with Gasteiger partial charge in [-0.25, -0.2) is 4.98 Å². The lowest BCUT2D eigenvalue weighted by molar-refractivity contribution is 0.0713. The molecule has 1 aliphatic rings. The SMILES string of the molecule is COc1cccc(-c2cc(C(=O)N[C@@H](C)[C@@H]3CCCO3)c3cc(Br)ccc3n2)c1. The number of ether oxygens (including phenoxy) is 2. The first-order chi connectivity index (χ1) is 14.0. The van der Waals surface area contributed by atoms with Crippen molar-refractivity contribution in [1.29, 1.82) is 0 Å². The third-order valence-corrected chi connectivity index (χ3v) is 5.76. The van der Waals surface area contributed by atoms with Gasteiger partial charge in [-0.2, -0.15) is 0 Å². The van der Waals surface area contributed by atoms with Gasteiger partial charge in [0.05, 0.1) is 36.0 Å². The van der Waals surface area contributed by atoms with Crippen LogP contribution in [0.3, 0.4) is 0 Å². The van der Waals surface area contributed by atoms with Gasteiger partial charge in [-0.1, -0.05) is 28.1 Å². The lowest BCUT2D eigenvalue weighted by atomic mass is 10.0. The van der Waals surface area contributed by atoms with Crippen LogP contribution in [0.2, 0.25) is 0 Å². The number of carbonyl (C=O) groups is 1. The number of pyridine rings is 1. The Hall–Kier alpha value is -2.44. The predicted molar refractivity (Wildman–Crippen MR) is 117 cm³/mol. The molecule has 1 aromatic heterocycles. The highest BCUT2D eigenvalue weighted by Gasteiger charge is 2.25. The van der Waals surface area contributed by atoms with E-state index in [-0.39, 0.29) is 18.1 Å². The third-order valence-electron chi connectivity index (χ3n) is 5.26. The lowest BCUT2D eigenvalue weighted by Gasteiger charge is -2.20. The van der Waals surface area contributed by atoms with Gasteiger partial charge in [-0.15, -0.1) is 0 Å². The van der Waals surface area contributed by atoms with Gasteiger partial charge in [-0.05, 0) is 56.2 Å². The van der Waals surface area contributed by atoms with E-state index in [4.69, 9.17) is 14.5 Å². The molecule has 1 amide bonds. The minimum atomic E-state index is -0.123. The Morgan fingerprint density at radius 1 is 1.28 bits per heavy atom. The van der Waals surface area contributed by atoms with Gasteiger partial charge >= 0.3 is 0 Å². The van der Waals surface area contributed by atoms with Crippen LogP contribution < -0.4 is 10.1 Å². The molecule has 3 aromatic rings. The molecule has 29 heavy (non-hydrogen) atoms. The van der Waals surface area contributed by atoms with Gasteiger partial charge in [0.25, 0.3) is 5.91 Å². The lowest BCUT2D eigenvalue weighted by Crippen LogP contribution is -2.40. The maximum absolute atomic E-state index is 13.2.